The summed E-state index contributed by atoms with van der Waals surface area (Å²) in [5, 5.41) is 9.05. The Hall–Kier alpha value is -2.74. The monoisotopic (exact) mass is 348 g/mol. The highest BCUT2D eigenvalue weighted by molar-refractivity contribution is 5.95. The number of likely N-dealkylation sites (N-methyl/N-ethyl adjacent to an activating group) is 1. The third kappa shape index (κ3) is 5.39. The maximum absolute atomic E-state index is 12.9. The standard InChI is InChI=1S/C17H21FN4O3/c1-4-14(17(24)20-15-9-11(2)25-21-15)22(3)10-16(23)19-13-7-5-12(18)6-8-13/h5-9,14H,4,10H2,1-3H3,(H,19,23)(H,20,21,24)/t14-/m1/s1. The second-order valence-corrected chi connectivity index (χ2v) is 5.71. The number of hydrogen-bond donors (Lipinski definition) is 2. The van der Waals surface area contributed by atoms with E-state index in [1.165, 1.54) is 24.3 Å². The van der Waals surface area contributed by atoms with Crippen LogP contribution in [0, 0.1) is 12.7 Å². The maximum atomic E-state index is 12.9. The summed E-state index contributed by atoms with van der Waals surface area (Å²) in [6.45, 7) is 3.60. The first kappa shape index (κ1) is 18.6. The minimum absolute atomic E-state index is 0.0150. The van der Waals surface area contributed by atoms with Crippen LogP contribution in [0.5, 0.6) is 0 Å². The molecule has 0 aliphatic heterocycles. The van der Waals surface area contributed by atoms with Crippen LogP contribution in [0.25, 0.3) is 0 Å². The molecule has 0 unspecified atom stereocenters. The SMILES string of the molecule is CC[C@H](C(=O)Nc1cc(C)on1)N(C)CC(=O)Nc1ccc(F)cc1. The molecule has 0 saturated carbocycles. The zero-order valence-electron chi connectivity index (χ0n) is 14.4. The van der Waals surface area contributed by atoms with E-state index in [0.717, 1.165) is 0 Å². The van der Waals surface area contributed by atoms with Gasteiger partial charge in [0.25, 0.3) is 0 Å². The Balaban J connectivity index is 1.91. The van der Waals surface area contributed by atoms with Crippen molar-refractivity contribution in [3.05, 3.63) is 41.9 Å². The van der Waals surface area contributed by atoms with Crippen molar-refractivity contribution < 1.29 is 18.5 Å². The van der Waals surface area contributed by atoms with Gasteiger partial charge in [-0.2, -0.15) is 0 Å². The average Bonchev–Trinajstić information content (AvgIpc) is 2.95. The minimum Gasteiger partial charge on any atom is -0.360 e. The van der Waals surface area contributed by atoms with Gasteiger partial charge >= 0.3 is 0 Å². The number of aromatic nitrogens is 1. The van der Waals surface area contributed by atoms with Crippen LogP contribution in [-0.2, 0) is 9.59 Å². The number of carbonyl (C=O) groups is 2. The maximum Gasteiger partial charge on any atom is 0.242 e. The zero-order valence-corrected chi connectivity index (χ0v) is 14.4. The van der Waals surface area contributed by atoms with Gasteiger partial charge < -0.3 is 15.2 Å². The van der Waals surface area contributed by atoms with E-state index in [1.54, 1.807) is 24.9 Å². The second kappa shape index (κ2) is 8.39. The fourth-order valence-electron chi connectivity index (χ4n) is 2.40. The van der Waals surface area contributed by atoms with E-state index >= 15 is 0 Å². The molecule has 1 atom stereocenters. The first-order valence-corrected chi connectivity index (χ1v) is 7.89. The molecule has 0 radical (unpaired) electrons. The predicted molar refractivity (Wildman–Crippen MR) is 91.6 cm³/mol. The molecule has 0 fully saturated rings. The smallest absolute Gasteiger partial charge is 0.242 e. The van der Waals surface area contributed by atoms with Crippen molar-refractivity contribution in [1.29, 1.82) is 0 Å². The predicted octanol–water partition coefficient (Wildman–Crippen LogP) is 2.41. The first-order chi connectivity index (χ1) is 11.9. The Morgan fingerprint density at radius 2 is 1.96 bits per heavy atom. The van der Waals surface area contributed by atoms with Gasteiger partial charge in [-0.25, -0.2) is 4.39 Å². The number of anilines is 2. The number of rotatable bonds is 7. The molecule has 25 heavy (non-hydrogen) atoms. The van der Waals surface area contributed by atoms with Gasteiger partial charge in [-0.1, -0.05) is 12.1 Å². The van der Waals surface area contributed by atoms with Gasteiger partial charge in [-0.3, -0.25) is 14.5 Å². The van der Waals surface area contributed by atoms with Gasteiger partial charge in [-0.05, 0) is 44.7 Å². The lowest BCUT2D eigenvalue weighted by Gasteiger charge is -2.25. The van der Waals surface area contributed by atoms with Crippen molar-refractivity contribution in [3.8, 4) is 0 Å². The van der Waals surface area contributed by atoms with Crippen molar-refractivity contribution in [2.45, 2.75) is 26.3 Å². The number of aryl methyl sites for hydroxylation is 1. The number of halogens is 1. The van der Waals surface area contributed by atoms with Crippen molar-refractivity contribution in [3.63, 3.8) is 0 Å². The topological polar surface area (TPSA) is 87.5 Å². The van der Waals surface area contributed by atoms with E-state index in [2.05, 4.69) is 15.8 Å². The lowest BCUT2D eigenvalue weighted by molar-refractivity contribution is -0.123. The molecule has 8 heteroatoms. The molecule has 2 aromatic rings. The number of carbonyl (C=O) groups excluding carboxylic acids is 2. The lowest BCUT2D eigenvalue weighted by atomic mass is 10.2. The van der Waals surface area contributed by atoms with E-state index in [4.69, 9.17) is 4.52 Å². The third-order valence-electron chi connectivity index (χ3n) is 3.62. The van der Waals surface area contributed by atoms with Crippen LogP contribution < -0.4 is 10.6 Å². The second-order valence-electron chi connectivity index (χ2n) is 5.71. The van der Waals surface area contributed by atoms with Gasteiger partial charge in [-0.15, -0.1) is 0 Å². The quantitative estimate of drug-likeness (QED) is 0.802. The van der Waals surface area contributed by atoms with Gasteiger partial charge in [0.05, 0.1) is 12.6 Å². The highest BCUT2D eigenvalue weighted by Gasteiger charge is 2.24. The largest absolute Gasteiger partial charge is 0.360 e. The summed E-state index contributed by atoms with van der Waals surface area (Å²) in [4.78, 5) is 26.1. The summed E-state index contributed by atoms with van der Waals surface area (Å²) >= 11 is 0. The molecule has 0 aliphatic carbocycles. The van der Waals surface area contributed by atoms with Crippen molar-refractivity contribution in [1.82, 2.24) is 10.1 Å². The lowest BCUT2D eigenvalue weighted by Crippen LogP contribution is -2.44. The molecule has 1 heterocycles. The van der Waals surface area contributed by atoms with E-state index in [1.807, 2.05) is 6.92 Å². The van der Waals surface area contributed by atoms with Crippen molar-refractivity contribution in [2.24, 2.45) is 0 Å². The summed E-state index contributed by atoms with van der Waals surface area (Å²) < 4.78 is 17.8. The van der Waals surface area contributed by atoms with Crippen LogP contribution >= 0.6 is 0 Å². The molecule has 0 aliphatic rings. The van der Waals surface area contributed by atoms with Crippen LogP contribution in [-0.4, -0.2) is 41.5 Å². The summed E-state index contributed by atoms with van der Waals surface area (Å²) in [5.41, 5.74) is 0.496. The van der Waals surface area contributed by atoms with Gasteiger partial charge in [0.1, 0.15) is 11.6 Å². The number of nitrogens with zero attached hydrogens (tertiary/aromatic N) is 2. The number of nitrogens with one attached hydrogen (secondary N) is 2. The zero-order chi connectivity index (χ0) is 18.4. The molecule has 2 rings (SSSR count). The van der Waals surface area contributed by atoms with Crippen molar-refractivity contribution >= 4 is 23.3 Å². The number of hydrogen-bond acceptors (Lipinski definition) is 5. The summed E-state index contributed by atoms with van der Waals surface area (Å²) in [7, 11) is 1.69. The van der Waals surface area contributed by atoms with E-state index in [9.17, 15) is 14.0 Å². The average molecular weight is 348 g/mol. The Morgan fingerprint density at radius 3 is 2.52 bits per heavy atom. The molecule has 0 bridgehead atoms. The summed E-state index contributed by atoms with van der Waals surface area (Å²) in [6, 6.07) is 6.60. The minimum atomic E-state index is -0.504. The fraction of sp³-hybridized carbons (Fsp3) is 0.353. The van der Waals surface area contributed by atoms with E-state index in [0.29, 0.717) is 23.7 Å². The van der Waals surface area contributed by atoms with Crippen LogP contribution in [0.3, 0.4) is 0 Å². The molecule has 2 N–H and O–H groups in total. The molecular weight excluding hydrogens is 327 g/mol. The molecule has 0 spiro atoms. The molecule has 1 aromatic heterocycles. The van der Waals surface area contributed by atoms with Crippen LogP contribution in [0.1, 0.15) is 19.1 Å². The molecule has 1 aromatic carbocycles. The Kier molecular flexibility index (Phi) is 6.24. The molecule has 134 valence electrons. The summed E-state index contributed by atoms with van der Waals surface area (Å²) in [6.07, 6.45) is 0.517. The number of benzene rings is 1. The Labute approximate surface area is 145 Å². The molecule has 7 nitrogen and oxygen atoms in total. The first-order valence-electron chi connectivity index (χ1n) is 7.89. The van der Waals surface area contributed by atoms with Crippen molar-refractivity contribution in [2.75, 3.05) is 24.2 Å². The third-order valence-corrected chi connectivity index (χ3v) is 3.62. The van der Waals surface area contributed by atoms with E-state index in [-0.39, 0.29) is 24.2 Å². The molecule has 0 saturated heterocycles. The molecule has 2 amide bonds. The fourth-order valence-corrected chi connectivity index (χ4v) is 2.40. The van der Waals surface area contributed by atoms with Crippen LogP contribution in [0.4, 0.5) is 15.9 Å². The van der Waals surface area contributed by atoms with Gasteiger partial charge in [0.2, 0.25) is 11.8 Å². The van der Waals surface area contributed by atoms with Gasteiger partial charge in [0.15, 0.2) is 5.82 Å². The highest BCUT2D eigenvalue weighted by Crippen LogP contribution is 2.11. The number of amides is 2. The Bertz CT molecular complexity index is 730. The highest BCUT2D eigenvalue weighted by atomic mass is 19.1. The summed E-state index contributed by atoms with van der Waals surface area (Å²) in [5.74, 6) is -0.00746. The van der Waals surface area contributed by atoms with Crippen LogP contribution in [0.15, 0.2) is 34.9 Å². The molecular formula is C17H21FN4O3. The van der Waals surface area contributed by atoms with Gasteiger partial charge in [0, 0.05) is 11.8 Å². The van der Waals surface area contributed by atoms with Crippen LogP contribution in [0.2, 0.25) is 0 Å². The van der Waals surface area contributed by atoms with E-state index < -0.39 is 6.04 Å². The normalized spacial score (nSPS) is 12.0. The Morgan fingerprint density at radius 1 is 1.28 bits per heavy atom.